The van der Waals surface area contributed by atoms with Crippen molar-refractivity contribution in [2.75, 3.05) is 13.1 Å². The summed E-state index contributed by atoms with van der Waals surface area (Å²) in [7, 11) is 0. The van der Waals surface area contributed by atoms with E-state index in [0.29, 0.717) is 21.8 Å². The number of nitrogens with zero attached hydrogens (tertiary/aromatic N) is 1. The van der Waals surface area contributed by atoms with Crippen molar-refractivity contribution >= 4 is 0 Å². The Morgan fingerprint density at radius 2 is 1.00 bits per heavy atom. The molecule has 16 heavy (non-hydrogen) atoms. The molecule has 0 aromatic heterocycles. The lowest BCUT2D eigenvalue weighted by molar-refractivity contribution is -0.179. The van der Waals surface area contributed by atoms with E-state index in [0.717, 1.165) is 0 Å². The summed E-state index contributed by atoms with van der Waals surface area (Å²) in [5.41, 5.74) is 1.53. The van der Waals surface area contributed by atoms with E-state index < -0.39 is 0 Å². The van der Waals surface area contributed by atoms with Gasteiger partial charge in [0.15, 0.2) is 0 Å². The fourth-order valence-electron chi connectivity index (χ4n) is 3.15. The fraction of sp³-hybridized carbons (Fsp3) is 1.00. The van der Waals surface area contributed by atoms with E-state index in [4.69, 9.17) is 0 Å². The average Bonchev–Trinajstić information content (AvgIpc) is 1.69. The smallest absolute Gasteiger partial charge is 0.0125 e. The average molecular weight is 225 g/mol. The topological polar surface area (TPSA) is 3.24 Å². The molecule has 0 aromatic carbocycles. The third-order valence-electron chi connectivity index (χ3n) is 4.74. The van der Waals surface area contributed by atoms with Gasteiger partial charge in [0.25, 0.3) is 0 Å². The zero-order chi connectivity index (χ0) is 13.0. The maximum absolute atomic E-state index is 2.61. The molecule has 1 saturated heterocycles. The number of rotatable bonds is 0. The third-order valence-corrected chi connectivity index (χ3v) is 4.74. The van der Waals surface area contributed by atoms with Crippen molar-refractivity contribution < 1.29 is 0 Å². The lowest BCUT2D eigenvalue weighted by atomic mass is 9.50. The van der Waals surface area contributed by atoms with Crippen LogP contribution in [0.3, 0.4) is 0 Å². The first-order valence-corrected chi connectivity index (χ1v) is 6.56. The Hall–Kier alpha value is -0.0400. The first-order chi connectivity index (χ1) is 6.81. The van der Waals surface area contributed by atoms with Gasteiger partial charge in [0.05, 0.1) is 0 Å². The van der Waals surface area contributed by atoms with E-state index >= 15 is 0 Å². The first-order valence-electron chi connectivity index (χ1n) is 6.56. The molecule has 96 valence electrons. The molecule has 0 aliphatic carbocycles. The Labute approximate surface area is 103 Å². The fourth-order valence-corrected chi connectivity index (χ4v) is 3.15. The molecule has 0 atom stereocenters. The number of hydrogen-bond donors (Lipinski definition) is 0. The zero-order valence-corrected chi connectivity index (χ0v) is 12.9. The van der Waals surface area contributed by atoms with Crippen LogP contribution in [0.2, 0.25) is 0 Å². The maximum atomic E-state index is 2.61. The molecule has 1 heterocycles. The normalized spacial score (nSPS) is 23.1. The lowest BCUT2D eigenvalue weighted by Gasteiger charge is -2.66. The Kier molecular flexibility index (Phi) is 3.05. The highest BCUT2D eigenvalue weighted by Crippen LogP contribution is 2.58. The summed E-state index contributed by atoms with van der Waals surface area (Å²) < 4.78 is 0. The van der Waals surface area contributed by atoms with Gasteiger partial charge in [-0.05, 0) is 31.6 Å². The lowest BCUT2D eigenvalue weighted by Crippen LogP contribution is -2.71. The molecule has 1 heteroatoms. The molecule has 1 aliphatic heterocycles. The van der Waals surface area contributed by atoms with Crippen molar-refractivity contribution in [1.82, 2.24) is 4.90 Å². The molecule has 0 amide bonds. The maximum Gasteiger partial charge on any atom is 0.0125 e. The minimum Gasteiger partial charge on any atom is -0.297 e. The van der Waals surface area contributed by atoms with Crippen molar-refractivity contribution in [1.29, 1.82) is 0 Å². The summed E-state index contributed by atoms with van der Waals surface area (Å²) in [4.78, 5) is 2.61. The van der Waals surface area contributed by atoms with Crippen LogP contribution in [0.1, 0.15) is 62.3 Å². The second-order valence-electron chi connectivity index (χ2n) is 8.61. The monoisotopic (exact) mass is 225 g/mol. The molecule has 0 spiro atoms. The predicted octanol–water partition coefficient (Wildman–Crippen LogP) is 4.18. The van der Waals surface area contributed by atoms with Crippen molar-refractivity contribution in [2.45, 2.75) is 67.9 Å². The van der Waals surface area contributed by atoms with Crippen molar-refractivity contribution in [3.63, 3.8) is 0 Å². The zero-order valence-electron chi connectivity index (χ0n) is 12.9. The molecule has 0 N–H and O–H groups in total. The molecule has 1 aliphatic rings. The van der Waals surface area contributed by atoms with Gasteiger partial charge in [-0.25, -0.2) is 0 Å². The molecule has 1 fully saturated rings. The highest BCUT2D eigenvalue weighted by molar-refractivity contribution is 5.10. The summed E-state index contributed by atoms with van der Waals surface area (Å²) in [6.07, 6.45) is 0. The van der Waals surface area contributed by atoms with Crippen molar-refractivity contribution in [3.05, 3.63) is 0 Å². The van der Waals surface area contributed by atoms with Gasteiger partial charge >= 0.3 is 0 Å². The van der Waals surface area contributed by atoms with Crippen LogP contribution in [0.15, 0.2) is 0 Å². The van der Waals surface area contributed by atoms with Gasteiger partial charge in [-0.15, -0.1) is 0 Å². The first kappa shape index (κ1) is 14.0. The van der Waals surface area contributed by atoms with E-state index in [1.165, 1.54) is 13.1 Å². The van der Waals surface area contributed by atoms with E-state index in [-0.39, 0.29) is 0 Å². The summed E-state index contributed by atoms with van der Waals surface area (Å²) in [5.74, 6) is 0. The van der Waals surface area contributed by atoms with Crippen molar-refractivity contribution in [3.8, 4) is 0 Å². The minimum atomic E-state index is 0.319. The van der Waals surface area contributed by atoms with E-state index in [1.54, 1.807) is 0 Å². The van der Waals surface area contributed by atoms with Gasteiger partial charge < -0.3 is 0 Å². The van der Waals surface area contributed by atoms with Gasteiger partial charge in [-0.3, -0.25) is 4.90 Å². The van der Waals surface area contributed by atoms with Crippen LogP contribution in [0, 0.1) is 16.2 Å². The number of likely N-dealkylation sites (tertiary alicyclic amines) is 1. The quantitative estimate of drug-likeness (QED) is 0.598. The summed E-state index contributed by atoms with van der Waals surface area (Å²) in [6, 6.07) is 0. The van der Waals surface area contributed by atoms with Gasteiger partial charge in [-0.1, -0.05) is 41.5 Å². The van der Waals surface area contributed by atoms with Gasteiger partial charge in [0.1, 0.15) is 0 Å². The summed E-state index contributed by atoms with van der Waals surface area (Å²) in [6.45, 7) is 23.9. The highest BCUT2D eigenvalue weighted by Gasteiger charge is 2.59. The van der Waals surface area contributed by atoms with Gasteiger partial charge in [-0.2, -0.15) is 0 Å². The van der Waals surface area contributed by atoms with Crippen LogP contribution >= 0.6 is 0 Å². The number of hydrogen-bond acceptors (Lipinski definition) is 1. The molecule has 0 unspecified atom stereocenters. The minimum absolute atomic E-state index is 0.319. The predicted molar refractivity (Wildman–Crippen MR) is 72.7 cm³/mol. The highest BCUT2D eigenvalue weighted by atomic mass is 15.3. The SMILES string of the molecule is CC(C)(C)N1CC(C(C)(C)C)(C(C)(C)C)C1. The van der Waals surface area contributed by atoms with E-state index in [2.05, 4.69) is 67.2 Å². The van der Waals surface area contributed by atoms with Crippen LogP contribution in [-0.4, -0.2) is 23.5 Å². The molecular weight excluding hydrogens is 194 g/mol. The van der Waals surface area contributed by atoms with E-state index in [1.807, 2.05) is 0 Å². The largest absolute Gasteiger partial charge is 0.297 e. The van der Waals surface area contributed by atoms with E-state index in [9.17, 15) is 0 Å². The van der Waals surface area contributed by atoms with Crippen LogP contribution in [-0.2, 0) is 0 Å². The molecule has 0 bridgehead atoms. The standard InChI is InChI=1S/C15H31N/c1-12(2,3)15(13(4,5)6)10-16(11-15)14(7,8)9/h10-11H2,1-9H3. The summed E-state index contributed by atoms with van der Waals surface area (Å²) in [5, 5.41) is 0. The van der Waals surface area contributed by atoms with Crippen LogP contribution < -0.4 is 0 Å². The Morgan fingerprint density at radius 3 is 1.19 bits per heavy atom. The Morgan fingerprint density at radius 1 is 0.688 bits per heavy atom. The summed E-state index contributed by atoms with van der Waals surface area (Å²) >= 11 is 0. The molecule has 0 saturated carbocycles. The van der Waals surface area contributed by atoms with Crippen LogP contribution in [0.5, 0.6) is 0 Å². The van der Waals surface area contributed by atoms with Gasteiger partial charge in [0.2, 0.25) is 0 Å². The third kappa shape index (κ3) is 2.03. The Bertz CT molecular complexity index is 235. The molecule has 0 radical (unpaired) electrons. The second-order valence-corrected chi connectivity index (χ2v) is 8.61. The second kappa shape index (κ2) is 3.48. The van der Waals surface area contributed by atoms with Crippen LogP contribution in [0.25, 0.3) is 0 Å². The molecule has 1 nitrogen and oxygen atoms in total. The van der Waals surface area contributed by atoms with Gasteiger partial charge in [0, 0.05) is 24.0 Å². The van der Waals surface area contributed by atoms with Crippen LogP contribution in [0.4, 0.5) is 0 Å². The molecular formula is C15H31N. The molecule has 0 aromatic rings. The Balaban J connectivity index is 2.92. The van der Waals surface area contributed by atoms with Crippen molar-refractivity contribution in [2.24, 2.45) is 16.2 Å². The molecule has 1 rings (SSSR count).